The highest BCUT2D eigenvalue weighted by molar-refractivity contribution is 6.20. The molecule has 0 atom stereocenters. The molecule has 3 rings (SSSR count). The van der Waals surface area contributed by atoms with E-state index >= 15 is 0 Å². The van der Waals surface area contributed by atoms with E-state index < -0.39 is 5.97 Å². The van der Waals surface area contributed by atoms with Crippen LogP contribution in [0.15, 0.2) is 78.9 Å². The molecule has 0 unspecified atom stereocenters. The number of ether oxygens (including phenoxy) is 1. The number of aryl methyl sites for hydroxylation is 1. The van der Waals surface area contributed by atoms with Gasteiger partial charge in [0, 0.05) is 0 Å². The number of carboxylic acids is 1. The molecule has 130 valence electrons. The summed E-state index contributed by atoms with van der Waals surface area (Å²) in [6, 6.07) is 24.8. The molecule has 3 heteroatoms. The van der Waals surface area contributed by atoms with Crippen LogP contribution in [-0.4, -0.2) is 11.1 Å². The van der Waals surface area contributed by atoms with Gasteiger partial charge in [0.25, 0.3) is 0 Å². The lowest BCUT2D eigenvalue weighted by Crippen LogP contribution is -1.99. The third kappa shape index (κ3) is 4.61. The van der Waals surface area contributed by atoms with Crippen molar-refractivity contribution in [1.29, 1.82) is 0 Å². The molecular formula is C23H20O3. The standard InChI is InChI=1S/C23H20O3/c1-17-7-11-20(12-8-17)22(23(24)25)15-18-9-13-21(14-10-18)26-16-19-5-3-2-4-6-19/h2-15H,16H2,1H3,(H,24,25)/b22-15-. The van der Waals surface area contributed by atoms with E-state index in [4.69, 9.17) is 4.74 Å². The summed E-state index contributed by atoms with van der Waals surface area (Å²) in [5.74, 6) is -0.198. The van der Waals surface area contributed by atoms with Gasteiger partial charge in [0.2, 0.25) is 0 Å². The number of carboxylic acid groups (broad SMARTS) is 1. The van der Waals surface area contributed by atoms with Crippen molar-refractivity contribution in [2.24, 2.45) is 0 Å². The molecule has 0 aliphatic carbocycles. The quantitative estimate of drug-likeness (QED) is 0.494. The third-order valence-electron chi connectivity index (χ3n) is 4.03. The van der Waals surface area contributed by atoms with Gasteiger partial charge in [0.05, 0.1) is 5.57 Å². The molecule has 0 fully saturated rings. The van der Waals surface area contributed by atoms with Gasteiger partial charge in [-0.2, -0.15) is 0 Å². The zero-order chi connectivity index (χ0) is 18.4. The number of hydrogen-bond donors (Lipinski definition) is 1. The number of benzene rings is 3. The first kappa shape index (κ1) is 17.5. The van der Waals surface area contributed by atoms with Crippen molar-refractivity contribution >= 4 is 17.6 Å². The topological polar surface area (TPSA) is 46.5 Å². The smallest absolute Gasteiger partial charge is 0.336 e. The lowest BCUT2D eigenvalue weighted by Gasteiger charge is -2.07. The number of rotatable bonds is 6. The van der Waals surface area contributed by atoms with Gasteiger partial charge in [-0.15, -0.1) is 0 Å². The van der Waals surface area contributed by atoms with Gasteiger partial charge in [0.1, 0.15) is 12.4 Å². The largest absolute Gasteiger partial charge is 0.489 e. The summed E-state index contributed by atoms with van der Waals surface area (Å²) >= 11 is 0. The Morgan fingerprint density at radius 3 is 2.19 bits per heavy atom. The molecule has 0 heterocycles. The van der Waals surface area contributed by atoms with Crippen molar-refractivity contribution in [1.82, 2.24) is 0 Å². The predicted octanol–water partition coefficient (Wildman–Crippen LogP) is 5.20. The monoisotopic (exact) mass is 344 g/mol. The second-order valence-corrected chi connectivity index (χ2v) is 6.07. The van der Waals surface area contributed by atoms with E-state index in [-0.39, 0.29) is 5.57 Å². The van der Waals surface area contributed by atoms with Crippen molar-refractivity contribution in [3.63, 3.8) is 0 Å². The molecule has 3 nitrogen and oxygen atoms in total. The highest BCUT2D eigenvalue weighted by Crippen LogP contribution is 2.21. The van der Waals surface area contributed by atoms with Crippen LogP contribution < -0.4 is 4.74 Å². The van der Waals surface area contributed by atoms with Crippen LogP contribution in [0.5, 0.6) is 5.75 Å². The number of hydrogen-bond acceptors (Lipinski definition) is 2. The van der Waals surface area contributed by atoms with Gasteiger partial charge in [-0.25, -0.2) is 4.79 Å². The van der Waals surface area contributed by atoms with Crippen LogP contribution >= 0.6 is 0 Å². The van der Waals surface area contributed by atoms with Crippen LogP contribution in [0.2, 0.25) is 0 Å². The van der Waals surface area contributed by atoms with E-state index in [0.717, 1.165) is 22.4 Å². The highest BCUT2D eigenvalue weighted by Gasteiger charge is 2.10. The van der Waals surface area contributed by atoms with Crippen molar-refractivity contribution in [3.05, 3.63) is 101 Å². The molecule has 0 saturated heterocycles. The zero-order valence-corrected chi connectivity index (χ0v) is 14.6. The summed E-state index contributed by atoms with van der Waals surface area (Å²) in [5, 5.41) is 9.53. The molecule has 0 bridgehead atoms. The van der Waals surface area contributed by atoms with Crippen LogP contribution in [0.3, 0.4) is 0 Å². The minimum absolute atomic E-state index is 0.267. The summed E-state index contributed by atoms with van der Waals surface area (Å²) < 4.78 is 5.76. The average molecular weight is 344 g/mol. The fourth-order valence-electron chi connectivity index (χ4n) is 2.57. The molecule has 3 aromatic carbocycles. The second-order valence-electron chi connectivity index (χ2n) is 6.07. The molecule has 0 aromatic heterocycles. The van der Waals surface area contributed by atoms with Gasteiger partial charge in [0.15, 0.2) is 0 Å². The highest BCUT2D eigenvalue weighted by atomic mass is 16.5. The maximum atomic E-state index is 11.6. The Labute approximate surface area is 153 Å². The van der Waals surface area contributed by atoms with Crippen molar-refractivity contribution in [2.45, 2.75) is 13.5 Å². The van der Waals surface area contributed by atoms with Crippen LogP contribution in [0.4, 0.5) is 0 Å². The summed E-state index contributed by atoms with van der Waals surface area (Å²) in [7, 11) is 0. The van der Waals surface area contributed by atoms with Crippen LogP contribution in [-0.2, 0) is 11.4 Å². The van der Waals surface area contributed by atoms with Gasteiger partial charge >= 0.3 is 5.97 Å². The third-order valence-corrected chi connectivity index (χ3v) is 4.03. The van der Waals surface area contributed by atoms with Crippen molar-refractivity contribution < 1.29 is 14.6 Å². The first-order chi connectivity index (χ1) is 12.6. The first-order valence-corrected chi connectivity index (χ1v) is 8.40. The average Bonchev–Trinajstić information content (AvgIpc) is 2.67. The first-order valence-electron chi connectivity index (χ1n) is 8.40. The Balaban J connectivity index is 1.74. The minimum Gasteiger partial charge on any atom is -0.489 e. The molecule has 0 saturated carbocycles. The van der Waals surface area contributed by atoms with Gasteiger partial charge in [-0.3, -0.25) is 0 Å². The fraction of sp³-hybridized carbons (Fsp3) is 0.0870. The van der Waals surface area contributed by atoms with E-state index in [2.05, 4.69) is 0 Å². The van der Waals surface area contributed by atoms with E-state index in [9.17, 15) is 9.90 Å². The van der Waals surface area contributed by atoms with Crippen molar-refractivity contribution in [2.75, 3.05) is 0 Å². The molecule has 0 amide bonds. The van der Waals surface area contributed by atoms with Crippen molar-refractivity contribution in [3.8, 4) is 5.75 Å². The summed E-state index contributed by atoms with van der Waals surface area (Å²) in [6.07, 6.45) is 1.67. The maximum Gasteiger partial charge on any atom is 0.336 e. The maximum absolute atomic E-state index is 11.6. The lowest BCUT2D eigenvalue weighted by atomic mass is 10.0. The van der Waals surface area contributed by atoms with E-state index in [1.807, 2.05) is 85.8 Å². The summed E-state index contributed by atoms with van der Waals surface area (Å²) in [4.78, 5) is 11.6. The van der Waals surface area contributed by atoms with Gasteiger partial charge in [-0.05, 0) is 41.8 Å². The zero-order valence-electron chi connectivity index (χ0n) is 14.6. The van der Waals surface area contributed by atoms with Gasteiger partial charge in [-0.1, -0.05) is 72.3 Å². The molecule has 0 aliphatic heterocycles. The Bertz CT molecular complexity index is 892. The van der Waals surface area contributed by atoms with Crippen LogP contribution in [0, 0.1) is 6.92 Å². The Kier molecular flexibility index (Phi) is 5.49. The van der Waals surface area contributed by atoms with Crippen LogP contribution in [0.1, 0.15) is 22.3 Å². The van der Waals surface area contributed by atoms with Gasteiger partial charge < -0.3 is 9.84 Å². The normalized spacial score (nSPS) is 11.2. The fourth-order valence-corrected chi connectivity index (χ4v) is 2.57. The van der Waals surface area contributed by atoms with Crippen LogP contribution in [0.25, 0.3) is 11.6 Å². The molecule has 26 heavy (non-hydrogen) atoms. The Morgan fingerprint density at radius 1 is 0.923 bits per heavy atom. The number of aliphatic carboxylic acids is 1. The summed E-state index contributed by atoms with van der Waals surface area (Å²) in [5.41, 5.74) is 3.97. The summed E-state index contributed by atoms with van der Waals surface area (Å²) in [6.45, 7) is 2.47. The predicted molar refractivity (Wildman–Crippen MR) is 104 cm³/mol. The van der Waals surface area contributed by atoms with E-state index in [1.54, 1.807) is 6.08 Å². The van der Waals surface area contributed by atoms with E-state index in [1.165, 1.54) is 0 Å². The Morgan fingerprint density at radius 2 is 1.58 bits per heavy atom. The molecule has 3 aromatic rings. The molecule has 0 spiro atoms. The lowest BCUT2D eigenvalue weighted by molar-refractivity contribution is -0.130. The molecule has 0 radical (unpaired) electrons. The SMILES string of the molecule is Cc1ccc(/C(=C/c2ccc(OCc3ccccc3)cc2)C(=O)O)cc1. The minimum atomic E-state index is -0.946. The molecule has 0 aliphatic rings. The van der Waals surface area contributed by atoms with E-state index in [0.29, 0.717) is 12.2 Å². The Hall–Kier alpha value is -3.33. The number of carbonyl (C=O) groups is 1. The molecule has 1 N–H and O–H groups in total. The molecular weight excluding hydrogens is 324 g/mol. The second kappa shape index (κ2) is 8.17.